The Morgan fingerprint density at radius 1 is 1.18 bits per heavy atom. The fraction of sp³-hybridized carbons (Fsp3) is 0.429. The van der Waals surface area contributed by atoms with Crippen molar-refractivity contribution in [3.63, 3.8) is 0 Å². The van der Waals surface area contributed by atoms with Crippen molar-refractivity contribution in [3.8, 4) is 11.6 Å². The Morgan fingerprint density at radius 2 is 2.00 bits per heavy atom. The molecule has 12 nitrogen and oxygen atoms in total. The number of nitrogen functional groups attached to an aromatic ring is 1. The van der Waals surface area contributed by atoms with E-state index in [9.17, 15) is 0 Å². The van der Waals surface area contributed by atoms with E-state index < -0.39 is 0 Å². The number of anilines is 5. The third-order valence-electron chi connectivity index (χ3n) is 5.17. The zero-order valence-corrected chi connectivity index (χ0v) is 19.2. The molecule has 0 aliphatic carbocycles. The van der Waals surface area contributed by atoms with E-state index in [2.05, 4.69) is 40.5 Å². The number of hydrogen-bond donors (Lipinski definition) is 3. The number of morpholine rings is 1. The SMILES string of the molecule is COc1cc(N2CCOCC2)ccc1Nc1nc(N)n(-c2cc(NCCN(C)C)ncn2)n1. The molecular weight excluding hydrogens is 424 g/mol. The number of ether oxygens (including phenoxy) is 2. The molecule has 33 heavy (non-hydrogen) atoms. The van der Waals surface area contributed by atoms with E-state index in [0.29, 0.717) is 23.3 Å². The first kappa shape index (κ1) is 22.6. The van der Waals surface area contributed by atoms with Gasteiger partial charge in [-0.3, -0.25) is 0 Å². The normalized spacial score (nSPS) is 13.9. The Morgan fingerprint density at radius 3 is 2.76 bits per heavy atom. The molecule has 1 saturated heterocycles. The summed E-state index contributed by atoms with van der Waals surface area (Å²) in [6, 6.07) is 7.75. The number of nitrogens with two attached hydrogens (primary N) is 1. The van der Waals surface area contributed by atoms with Gasteiger partial charge in [-0.1, -0.05) is 0 Å². The lowest BCUT2D eigenvalue weighted by Crippen LogP contribution is -2.36. The second-order valence-corrected chi connectivity index (χ2v) is 7.81. The third kappa shape index (κ3) is 5.59. The molecule has 0 radical (unpaired) electrons. The average Bonchev–Trinajstić information content (AvgIpc) is 3.20. The summed E-state index contributed by atoms with van der Waals surface area (Å²) in [5.74, 6) is 2.44. The molecule has 3 aromatic rings. The van der Waals surface area contributed by atoms with E-state index in [1.165, 1.54) is 11.0 Å². The molecule has 0 bridgehead atoms. The van der Waals surface area contributed by atoms with E-state index in [1.54, 1.807) is 13.2 Å². The molecule has 2 aromatic heterocycles. The Balaban J connectivity index is 1.50. The van der Waals surface area contributed by atoms with Gasteiger partial charge >= 0.3 is 0 Å². The number of nitrogens with zero attached hydrogens (tertiary/aromatic N) is 7. The van der Waals surface area contributed by atoms with E-state index in [1.807, 2.05) is 32.3 Å². The predicted molar refractivity (Wildman–Crippen MR) is 128 cm³/mol. The Hall–Kier alpha value is -3.64. The van der Waals surface area contributed by atoms with Gasteiger partial charge in [0.25, 0.3) is 0 Å². The van der Waals surface area contributed by atoms with Gasteiger partial charge in [0.05, 0.1) is 26.0 Å². The molecular formula is C21H30N10O2. The largest absolute Gasteiger partial charge is 0.494 e. The molecule has 0 saturated carbocycles. The highest BCUT2D eigenvalue weighted by Crippen LogP contribution is 2.32. The summed E-state index contributed by atoms with van der Waals surface area (Å²) in [4.78, 5) is 17.2. The first-order valence-electron chi connectivity index (χ1n) is 10.7. The van der Waals surface area contributed by atoms with Crippen molar-refractivity contribution < 1.29 is 9.47 Å². The molecule has 0 amide bonds. The molecule has 176 valence electrons. The maximum Gasteiger partial charge on any atom is 0.249 e. The van der Waals surface area contributed by atoms with Crippen molar-refractivity contribution in [2.24, 2.45) is 0 Å². The zero-order valence-electron chi connectivity index (χ0n) is 19.2. The van der Waals surface area contributed by atoms with Crippen LogP contribution in [0.15, 0.2) is 30.6 Å². The van der Waals surface area contributed by atoms with E-state index in [-0.39, 0.29) is 5.95 Å². The quantitative estimate of drug-likeness (QED) is 0.431. The fourth-order valence-corrected chi connectivity index (χ4v) is 3.43. The summed E-state index contributed by atoms with van der Waals surface area (Å²) in [5.41, 5.74) is 7.94. The molecule has 1 fully saturated rings. The van der Waals surface area contributed by atoms with Gasteiger partial charge < -0.3 is 35.6 Å². The van der Waals surface area contributed by atoms with Crippen molar-refractivity contribution in [2.75, 3.05) is 81.9 Å². The molecule has 0 atom stereocenters. The molecule has 3 heterocycles. The second kappa shape index (κ2) is 10.3. The minimum absolute atomic E-state index is 0.208. The minimum Gasteiger partial charge on any atom is -0.494 e. The number of aromatic nitrogens is 5. The number of benzene rings is 1. The first-order chi connectivity index (χ1) is 16.0. The van der Waals surface area contributed by atoms with E-state index in [4.69, 9.17) is 15.2 Å². The number of methoxy groups -OCH3 is 1. The maximum atomic E-state index is 6.12. The Kier molecular flexibility index (Phi) is 7.05. The topological polar surface area (TPSA) is 132 Å². The van der Waals surface area contributed by atoms with Crippen LogP contribution in [-0.4, -0.2) is 90.2 Å². The van der Waals surface area contributed by atoms with Crippen LogP contribution in [0.2, 0.25) is 0 Å². The summed E-state index contributed by atoms with van der Waals surface area (Å²) in [6.45, 7) is 4.78. The smallest absolute Gasteiger partial charge is 0.249 e. The van der Waals surface area contributed by atoms with Crippen LogP contribution in [-0.2, 0) is 4.74 Å². The van der Waals surface area contributed by atoms with Crippen molar-refractivity contribution in [1.29, 1.82) is 0 Å². The highest BCUT2D eigenvalue weighted by molar-refractivity contribution is 5.68. The number of likely N-dealkylation sites (N-methyl/N-ethyl adjacent to an activating group) is 1. The lowest BCUT2D eigenvalue weighted by molar-refractivity contribution is 0.122. The summed E-state index contributed by atoms with van der Waals surface area (Å²) < 4.78 is 12.5. The lowest BCUT2D eigenvalue weighted by Gasteiger charge is -2.29. The highest BCUT2D eigenvalue weighted by atomic mass is 16.5. The molecule has 1 aliphatic rings. The van der Waals surface area contributed by atoms with Crippen LogP contribution in [0.3, 0.4) is 0 Å². The van der Waals surface area contributed by atoms with Crippen molar-refractivity contribution in [1.82, 2.24) is 29.6 Å². The summed E-state index contributed by atoms with van der Waals surface area (Å²) >= 11 is 0. The number of nitrogens with one attached hydrogen (secondary N) is 2. The standard InChI is InChI=1S/C21H30N10O2/c1-29(2)7-6-23-18-13-19(25-14-24-18)31-20(22)27-21(28-31)26-16-5-4-15(12-17(16)32-3)30-8-10-33-11-9-30/h4-5,12-14H,6-11H2,1-3H3,(H,23,24,25)(H3,22,26,27,28). The molecule has 12 heteroatoms. The summed E-state index contributed by atoms with van der Waals surface area (Å²) in [7, 11) is 5.67. The number of rotatable bonds is 9. The van der Waals surface area contributed by atoms with Crippen LogP contribution in [0.4, 0.5) is 29.1 Å². The predicted octanol–water partition coefficient (Wildman–Crippen LogP) is 1.20. The molecule has 1 aromatic carbocycles. The third-order valence-corrected chi connectivity index (χ3v) is 5.17. The van der Waals surface area contributed by atoms with Gasteiger partial charge in [0.15, 0.2) is 5.82 Å². The molecule has 0 spiro atoms. The average molecular weight is 455 g/mol. The zero-order chi connectivity index (χ0) is 23.2. The van der Waals surface area contributed by atoms with Gasteiger partial charge in [-0.25, -0.2) is 9.97 Å². The van der Waals surface area contributed by atoms with E-state index in [0.717, 1.165) is 50.8 Å². The molecule has 4 rings (SSSR count). The molecule has 4 N–H and O–H groups in total. The van der Waals surface area contributed by atoms with Crippen LogP contribution in [0.25, 0.3) is 5.82 Å². The monoisotopic (exact) mass is 454 g/mol. The Bertz CT molecular complexity index is 1060. The first-order valence-corrected chi connectivity index (χ1v) is 10.7. The fourth-order valence-electron chi connectivity index (χ4n) is 3.43. The molecule has 0 unspecified atom stereocenters. The molecule has 1 aliphatic heterocycles. The van der Waals surface area contributed by atoms with Gasteiger partial charge in [0, 0.05) is 44.0 Å². The second-order valence-electron chi connectivity index (χ2n) is 7.81. The van der Waals surface area contributed by atoms with Crippen LogP contribution in [0.5, 0.6) is 5.75 Å². The lowest BCUT2D eigenvalue weighted by atomic mass is 10.2. The van der Waals surface area contributed by atoms with Gasteiger partial charge in [0.1, 0.15) is 17.9 Å². The van der Waals surface area contributed by atoms with Crippen LogP contribution in [0.1, 0.15) is 0 Å². The van der Waals surface area contributed by atoms with Gasteiger partial charge in [-0.15, -0.1) is 5.10 Å². The van der Waals surface area contributed by atoms with Crippen LogP contribution in [0, 0.1) is 0 Å². The Labute approximate surface area is 192 Å². The summed E-state index contributed by atoms with van der Waals surface area (Å²) in [5, 5.41) is 10.9. The van der Waals surface area contributed by atoms with Gasteiger partial charge in [-0.05, 0) is 26.2 Å². The summed E-state index contributed by atoms with van der Waals surface area (Å²) in [6.07, 6.45) is 1.47. The minimum atomic E-state index is 0.208. The highest BCUT2D eigenvalue weighted by Gasteiger charge is 2.16. The van der Waals surface area contributed by atoms with Gasteiger partial charge in [0.2, 0.25) is 11.9 Å². The van der Waals surface area contributed by atoms with Crippen molar-refractivity contribution in [2.45, 2.75) is 0 Å². The van der Waals surface area contributed by atoms with Crippen LogP contribution >= 0.6 is 0 Å². The van der Waals surface area contributed by atoms with Crippen molar-refractivity contribution in [3.05, 3.63) is 30.6 Å². The number of hydrogen-bond acceptors (Lipinski definition) is 11. The van der Waals surface area contributed by atoms with Crippen LogP contribution < -0.4 is 26.0 Å². The maximum absolute atomic E-state index is 6.12. The van der Waals surface area contributed by atoms with Crippen molar-refractivity contribution >= 4 is 29.1 Å². The van der Waals surface area contributed by atoms with Gasteiger partial charge in [-0.2, -0.15) is 9.67 Å². The van der Waals surface area contributed by atoms with E-state index >= 15 is 0 Å².